The molecule has 8 heteroatoms. The summed E-state index contributed by atoms with van der Waals surface area (Å²) in [6.07, 6.45) is 5.42. The SMILES string of the molecule is CC1=C/C(=N/S(C)(=O)=O)C=CC1=NC(=O)C(Cl)Cl. The molecule has 0 N–H and O–H groups in total. The zero-order chi connectivity index (χ0) is 13.9. The molecule has 0 atom stereocenters. The highest BCUT2D eigenvalue weighted by atomic mass is 35.5. The van der Waals surface area contributed by atoms with Gasteiger partial charge in [-0.05, 0) is 30.7 Å². The van der Waals surface area contributed by atoms with Crippen molar-refractivity contribution in [1.29, 1.82) is 0 Å². The number of carbonyl (C=O) groups is 1. The second-order valence-electron chi connectivity index (χ2n) is 3.55. The van der Waals surface area contributed by atoms with Crippen LogP contribution in [-0.2, 0) is 14.8 Å². The van der Waals surface area contributed by atoms with Crippen LogP contribution in [0.5, 0.6) is 0 Å². The molecule has 0 saturated heterocycles. The smallest absolute Gasteiger partial charge is 0.269 e. The molecule has 0 heterocycles. The number of sulfonamides is 1. The Morgan fingerprint density at radius 2 is 1.94 bits per heavy atom. The third-order valence-corrected chi connectivity index (χ3v) is 2.78. The minimum absolute atomic E-state index is 0.273. The maximum atomic E-state index is 11.2. The highest BCUT2D eigenvalue weighted by Gasteiger charge is 2.14. The van der Waals surface area contributed by atoms with Gasteiger partial charge in [0.2, 0.25) is 0 Å². The summed E-state index contributed by atoms with van der Waals surface area (Å²) in [6.45, 7) is 1.67. The summed E-state index contributed by atoms with van der Waals surface area (Å²) in [5.41, 5.74) is 1.25. The van der Waals surface area contributed by atoms with E-state index in [2.05, 4.69) is 9.39 Å². The lowest BCUT2D eigenvalue weighted by Gasteiger charge is -2.07. The van der Waals surface area contributed by atoms with Crippen molar-refractivity contribution < 1.29 is 13.2 Å². The minimum Gasteiger partial charge on any atom is -0.269 e. The first-order valence-electron chi connectivity index (χ1n) is 4.76. The van der Waals surface area contributed by atoms with Crippen LogP contribution in [0.4, 0.5) is 0 Å². The Hall–Kier alpha value is -0.980. The number of hydrogen-bond acceptors (Lipinski definition) is 3. The molecule has 0 radical (unpaired) electrons. The second kappa shape index (κ2) is 5.77. The zero-order valence-corrected chi connectivity index (χ0v) is 11.9. The predicted octanol–water partition coefficient (Wildman–Crippen LogP) is 1.67. The van der Waals surface area contributed by atoms with E-state index in [4.69, 9.17) is 23.2 Å². The average molecular weight is 309 g/mol. The molecule has 1 rings (SSSR count). The molecular weight excluding hydrogens is 299 g/mol. The Balaban J connectivity index is 3.03. The topological polar surface area (TPSA) is 75.9 Å². The maximum absolute atomic E-state index is 11.2. The molecule has 0 spiro atoms. The summed E-state index contributed by atoms with van der Waals surface area (Å²) < 4.78 is 25.5. The molecule has 1 aliphatic rings. The van der Waals surface area contributed by atoms with Crippen LogP contribution in [0.3, 0.4) is 0 Å². The van der Waals surface area contributed by atoms with Gasteiger partial charge in [0, 0.05) is 0 Å². The highest BCUT2D eigenvalue weighted by molar-refractivity contribution is 7.89. The Bertz CT molecular complexity index is 586. The van der Waals surface area contributed by atoms with E-state index in [0.717, 1.165) is 6.26 Å². The van der Waals surface area contributed by atoms with Crippen molar-refractivity contribution in [2.45, 2.75) is 11.8 Å². The Labute approximate surface area is 115 Å². The van der Waals surface area contributed by atoms with Crippen molar-refractivity contribution in [3.05, 3.63) is 23.8 Å². The fourth-order valence-corrected chi connectivity index (χ4v) is 1.77. The molecule has 18 heavy (non-hydrogen) atoms. The quantitative estimate of drug-likeness (QED) is 0.575. The van der Waals surface area contributed by atoms with Crippen LogP contribution in [0.25, 0.3) is 0 Å². The molecule has 0 saturated carbocycles. The summed E-state index contributed by atoms with van der Waals surface area (Å²) in [4.78, 5) is 13.7. The van der Waals surface area contributed by atoms with Crippen LogP contribution in [0, 0.1) is 0 Å². The third-order valence-electron chi connectivity index (χ3n) is 1.87. The largest absolute Gasteiger partial charge is 0.279 e. The number of rotatable bonds is 2. The van der Waals surface area contributed by atoms with Gasteiger partial charge in [-0.1, -0.05) is 23.2 Å². The van der Waals surface area contributed by atoms with E-state index >= 15 is 0 Å². The van der Waals surface area contributed by atoms with Crippen molar-refractivity contribution >= 4 is 50.6 Å². The fraction of sp³-hybridized carbons (Fsp3) is 0.300. The van der Waals surface area contributed by atoms with Crippen molar-refractivity contribution in [2.75, 3.05) is 6.26 Å². The first kappa shape index (κ1) is 15.1. The van der Waals surface area contributed by atoms with Crippen LogP contribution in [0.2, 0.25) is 0 Å². The summed E-state index contributed by atoms with van der Waals surface area (Å²) in [5.74, 6) is -0.672. The maximum Gasteiger partial charge on any atom is 0.279 e. The van der Waals surface area contributed by atoms with E-state index in [1.54, 1.807) is 6.92 Å². The predicted molar refractivity (Wildman–Crippen MR) is 73.1 cm³/mol. The lowest BCUT2D eigenvalue weighted by Crippen LogP contribution is -2.12. The summed E-state index contributed by atoms with van der Waals surface area (Å²) in [7, 11) is -3.46. The van der Waals surface area contributed by atoms with Gasteiger partial charge in [-0.25, -0.2) is 13.4 Å². The summed E-state index contributed by atoms with van der Waals surface area (Å²) in [5, 5.41) is 0. The number of carbonyl (C=O) groups excluding carboxylic acids is 1. The van der Waals surface area contributed by atoms with Crippen LogP contribution in [0.15, 0.2) is 33.2 Å². The van der Waals surface area contributed by atoms with Crippen LogP contribution < -0.4 is 0 Å². The van der Waals surface area contributed by atoms with E-state index in [9.17, 15) is 13.2 Å². The van der Waals surface area contributed by atoms with Gasteiger partial charge in [-0.15, -0.1) is 0 Å². The van der Waals surface area contributed by atoms with Crippen molar-refractivity contribution in [3.8, 4) is 0 Å². The molecule has 98 valence electrons. The molecule has 1 amide bonds. The third kappa shape index (κ3) is 4.72. The first-order valence-corrected chi connectivity index (χ1v) is 7.48. The lowest BCUT2D eigenvalue weighted by atomic mass is 10.0. The van der Waals surface area contributed by atoms with Crippen LogP contribution in [0.1, 0.15) is 6.92 Å². The Kier molecular flexibility index (Phi) is 4.84. The highest BCUT2D eigenvalue weighted by Crippen LogP contribution is 2.11. The van der Waals surface area contributed by atoms with Gasteiger partial charge in [0.05, 0.1) is 17.7 Å². The number of aliphatic imine (C=N–C) groups is 1. The van der Waals surface area contributed by atoms with E-state index < -0.39 is 20.8 Å². The minimum atomic E-state index is -3.46. The summed E-state index contributed by atoms with van der Waals surface area (Å²) >= 11 is 10.7. The van der Waals surface area contributed by atoms with Gasteiger partial charge in [0.1, 0.15) is 0 Å². The number of halogens is 2. The molecule has 0 aromatic rings. The standard InChI is InChI=1S/C10H10Cl2N2O3S/c1-6-5-7(14-18(2,16)17)3-4-8(6)13-10(15)9(11)12/h3-5,9H,1-2H3/b13-8?,14-7+. The number of hydrogen-bond donors (Lipinski definition) is 0. The van der Waals surface area contributed by atoms with E-state index in [1.807, 2.05) is 0 Å². The number of nitrogens with zero attached hydrogens (tertiary/aromatic N) is 2. The fourth-order valence-electron chi connectivity index (χ4n) is 1.18. The first-order chi connectivity index (χ1) is 8.19. The second-order valence-corrected chi connectivity index (χ2v) is 6.29. The molecular formula is C10H10Cl2N2O3S. The average Bonchev–Trinajstić information content (AvgIpc) is 2.19. The molecule has 5 nitrogen and oxygen atoms in total. The van der Waals surface area contributed by atoms with Gasteiger partial charge in [0.15, 0.2) is 4.84 Å². The van der Waals surface area contributed by atoms with E-state index in [1.165, 1.54) is 18.2 Å². The normalized spacial score (nSPS) is 20.6. The van der Waals surface area contributed by atoms with Gasteiger partial charge in [-0.3, -0.25) is 4.79 Å². The molecule has 0 aromatic heterocycles. The number of alkyl halides is 2. The summed E-state index contributed by atoms with van der Waals surface area (Å²) in [6, 6.07) is 0. The number of amides is 1. The van der Waals surface area contributed by atoms with Crippen molar-refractivity contribution in [1.82, 2.24) is 0 Å². The molecule has 0 aliphatic heterocycles. The van der Waals surface area contributed by atoms with Gasteiger partial charge < -0.3 is 0 Å². The van der Waals surface area contributed by atoms with Gasteiger partial charge >= 0.3 is 0 Å². The molecule has 1 aliphatic carbocycles. The Morgan fingerprint density at radius 1 is 1.33 bits per heavy atom. The van der Waals surface area contributed by atoms with Crippen molar-refractivity contribution in [3.63, 3.8) is 0 Å². The van der Waals surface area contributed by atoms with Gasteiger partial charge in [0.25, 0.3) is 15.9 Å². The molecule has 0 aromatic carbocycles. The zero-order valence-electron chi connectivity index (χ0n) is 9.59. The molecule has 0 bridgehead atoms. The molecule has 0 unspecified atom stereocenters. The lowest BCUT2D eigenvalue weighted by molar-refractivity contribution is -0.116. The number of allylic oxidation sites excluding steroid dienone is 4. The van der Waals surface area contributed by atoms with E-state index in [-0.39, 0.29) is 5.71 Å². The Morgan fingerprint density at radius 3 is 2.39 bits per heavy atom. The van der Waals surface area contributed by atoms with Gasteiger partial charge in [-0.2, -0.15) is 4.40 Å². The van der Waals surface area contributed by atoms with Crippen LogP contribution in [-0.4, -0.2) is 36.8 Å². The molecule has 0 fully saturated rings. The van der Waals surface area contributed by atoms with Crippen LogP contribution >= 0.6 is 23.2 Å². The van der Waals surface area contributed by atoms with E-state index in [0.29, 0.717) is 11.3 Å². The monoisotopic (exact) mass is 308 g/mol. The van der Waals surface area contributed by atoms with Crippen molar-refractivity contribution in [2.24, 2.45) is 9.39 Å².